The van der Waals surface area contributed by atoms with Crippen molar-refractivity contribution in [3.8, 4) is 23.0 Å². The molecule has 0 spiro atoms. The summed E-state index contributed by atoms with van der Waals surface area (Å²) in [6.07, 6.45) is 6.79. The Morgan fingerprint density at radius 1 is 0.401 bits per heavy atom. The Balaban J connectivity index is 0.000000257. The highest BCUT2D eigenvalue weighted by Gasteiger charge is 2.53. The zero-order chi connectivity index (χ0) is 108. The maximum absolute atomic E-state index is 13.7. The molecule has 0 aliphatic carbocycles. The number of alkyl halides is 6. The fraction of sp³-hybridized carbons (Fsp3) is 0.532. The first kappa shape index (κ1) is 119. The Morgan fingerprint density at radius 2 is 0.683 bits per heavy atom. The van der Waals surface area contributed by atoms with Crippen LogP contribution in [0.15, 0.2) is 119 Å². The number of nitro groups is 4. The van der Waals surface area contributed by atoms with Crippen molar-refractivity contribution < 1.29 is 127 Å². The fourth-order valence-corrected chi connectivity index (χ4v) is 20.9. The third-order valence-corrected chi connectivity index (χ3v) is 48.7. The lowest BCUT2D eigenvalue weighted by Gasteiger charge is -2.40. The molecule has 4 atom stereocenters. The Kier molecular flexibility index (Phi) is 38.8. The van der Waals surface area contributed by atoms with Gasteiger partial charge in [-0.3, -0.25) is 59.6 Å². The Bertz CT molecular complexity index is 5850. The number of hydrogen-bond acceptors (Lipinski definition) is 28. The summed E-state index contributed by atoms with van der Waals surface area (Å²) < 4.78 is 179. The topological polar surface area (TPSA) is 414 Å². The minimum atomic E-state index is -5.92. The molecular weight excluding hydrogens is 2010 g/mol. The molecule has 784 valence electrons. The van der Waals surface area contributed by atoms with E-state index in [1.807, 2.05) is 96.7 Å². The van der Waals surface area contributed by atoms with Gasteiger partial charge in [-0.05, 0) is 182 Å². The van der Waals surface area contributed by atoms with Crippen LogP contribution in [-0.2, 0) is 46.3 Å². The molecule has 0 saturated heterocycles. The summed E-state index contributed by atoms with van der Waals surface area (Å²) in [6, 6.07) is 16.3. The van der Waals surface area contributed by atoms with Crippen molar-refractivity contribution in [2.45, 2.75) is 244 Å². The van der Waals surface area contributed by atoms with E-state index in [1.165, 1.54) is 108 Å². The standard InChI is InChI=1S/2C25H34N2O5SSi.2C22H31F3N2O8SSi/c2*1-17-13-21(27(29)30)20(15-22(17)31-5)24(28)26-11-10-18(23-9-8-12-33-23)14-19(26)16-32-34(6,7)25(2,3)4;2*1-14-10-18(27(29)30)17(12-19(14)33-5)20(28)26-9-8-16(35-36(31,32)22(23,24)25)11-15(26)13-34-37(6,7)21(2,3)4/h8-9,12-15,19H,10-11,16H2,1-7H3;8-10,12-13,15,19H,11,14,16H2,1-7H3;10-12,15H,8-9,13H2,1-7H3;8,10,12,15H,9,11,13H2,1-7H3/t2*19-;2*15-/m0000/s1. The molecule has 4 amide bonds. The van der Waals surface area contributed by atoms with E-state index in [2.05, 4.69) is 94.3 Å². The molecule has 0 N–H and O–H groups in total. The molecule has 4 aromatic carbocycles. The third-order valence-electron chi connectivity index (χ3n) is 26.8. The molecule has 0 saturated carbocycles. The van der Waals surface area contributed by atoms with Crippen LogP contribution < -0.4 is 18.9 Å². The highest BCUT2D eigenvalue weighted by atomic mass is 32.2. The quantitative estimate of drug-likeness (QED) is 0.0101. The number of carbonyl (C=O) groups excluding carboxylic acids is 4. The van der Waals surface area contributed by atoms with Crippen LogP contribution in [0.5, 0.6) is 23.0 Å². The highest BCUT2D eigenvalue weighted by molar-refractivity contribution is 7.88. The van der Waals surface area contributed by atoms with Crippen molar-refractivity contribution in [1.82, 2.24) is 19.6 Å². The van der Waals surface area contributed by atoms with Gasteiger partial charge < -0.3 is 64.6 Å². The van der Waals surface area contributed by atoms with E-state index in [0.717, 1.165) is 12.2 Å². The van der Waals surface area contributed by atoms with Crippen LogP contribution in [-0.4, -0.2) is 229 Å². The van der Waals surface area contributed by atoms with Crippen molar-refractivity contribution in [3.63, 3.8) is 0 Å². The predicted molar refractivity (Wildman–Crippen MR) is 541 cm³/mol. The van der Waals surface area contributed by atoms with E-state index in [4.69, 9.17) is 36.7 Å². The number of methoxy groups -OCH3 is 4. The number of aryl methyl sites for hydroxylation is 4. The van der Waals surface area contributed by atoms with Crippen LogP contribution in [0.2, 0.25) is 72.5 Å². The van der Waals surface area contributed by atoms with E-state index in [-0.39, 0.29) is 122 Å². The van der Waals surface area contributed by atoms with Crippen molar-refractivity contribution >= 4 is 134 Å². The first-order valence-corrected chi connectivity index (χ1v) is 61.4. The monoisotopic (exact) mass is 2140 g/mol. The molecule has 0 fully saturated rings. The molecule has 10 rings (SSSR count). The highest BCUT2D eigenvalue weighted by Crippen LogP contribution is 2.46. The average molecular weight is 2140 g/mol. The second-order valence-corrected chi connectivity index (χ2v) is 64.8. The molecule has 0 radical (unpaired) electrons. The predicted octanol–water partition coefficient (Wildman–Crippen LogP) is 22.4. The van der Waals surface area contributed by atoms with Crippen LogP contribution in [0.1, 0.15) is 182 Å². The van der Waals surface area contributed by atoms with E-state index in [1.54, 1.807) is 60.2 Å². The largest absolute Gasteiger partial charge is 0.534 e. The van der Waals surface area contributed by atoms with E-state index < -0.39 is 137 Å². The van der Waals surface area contributed by atoms with E-state index in [9.17, 15) is 103 Å². The van der Waals surface area contributed by atoms with Gasteiger partial charge in [0.05, 0.1) is 98.7 Å². The van der Waals surface area contributed by atoms with Gasteiger partial charge in [0, 0.05) is 97.3 Å². The molecule has 48 heteroatoms. The first-order chi connectivity index (χ1) is 65.1. The minimum absolute atomic E-state index is 0.0277. The average Bonchev–Trinajstić information content (AvgIpc) is 1.27. The molecule has 0 bridgehead atoms. The van der Waals surface area contributed by atoms with Crippen molar-refractivity contribution in [1.29, 1.82) is 0 Å². The van der Waals surface area contributed by atoms with Crippen molar-refractivity contribution in [3.05, 3.63) is 214 Å². The van der Waals surface area contributed by atoms with Gasteiger partial charge in [0.15, 0.2) is 33.3 Å². The first-order valence-electron chi connectivity index (χ1n) is 45.1. The van der Waals surface area contributed by atoms with Gasteiger partial charge >= 0.3 is 31.3 Å². The number of rotatable bonds is 30. The summed E-state index contributed by atoms with van der Waals surface area (Å²) in [4.78, 5) is 107. The summed E-state index contributed by atoms with van der Waals surface area (Å²) in [5, 5.41) is 50.6. The summed E-state index contributed by atoms with van der Waals surface area (Å²) in [5.41, 5.74) is -8.68. The number of nitrogens with zero attached hydrogens (tertiary/aromatic N) is 8. The molecule has 2 aromatic heterocycles. The van der Waals surface area contributed by atoms with Gasteiger partial charge in [-0.2, -0.15) is 43.2 Å². The maximum atomic E-state index is 13.7. The number of amides is 4. The van der Waals surface area contributed by atoms with Gasteiger partial charge in [0.1, 0.15) is 56.8 Å². The maximum Gasteiger partial charge on any atom is 0.534 e. The zero-order valence-corrected chi connectivity index (χ0v) is 92.5. The Labute approximate surface area is 837 Å². The summed E-state index contributed by atoms with van der Waals surface area (Å²) >= 11 is 3.34. The summed E-state index contributed by atoms with van der Waals surface area (Å²) in [5.74, 6) is -1.96. The number of carbonyl (C=O) groups is 4. The molecular formula is C94H130F6N8O26S4Si4. The van der Waals surface area contributed by atoms with E-state index in [0.29, 0.717) is 72.9 Å². The lowest BCUT2D eigenvalue weighted by atomic mass is 9.97. The normalized spacial score (nSPS) is 17.1. The van der Waals surface area contributed by atoms with Crippen LogP contribution in [0.25, 0.3) is 11.1 Å². The Morgan fingerprint density at radius 3 is 0.979 bits per heavy atom. The number of thiophene rings is 2. The van der Waals surface area contributed by atoms with Crippen LogP contribution >= 0.6 is 22.7 Å². The number of nitro benzene ring substituents is 4. The second kappa shape index (κ2) is 46.4. The van der Waals surface area contributed by atoms with Crippen molar-refractivity contribution in [2.24, 2.45) is 0 Å². The number of hydrogen-bond donors (Lipinski definition) is 0. The lowest BCUT2D eigenvalue weighted by Crippen LogP contribution is -2.50. The molecule has 34 nitrogen and oxygen atoms in total. The SMILES string of the molecule is COc1cc(C(=O)N2CC=C(OS(=O)(=O)C(F)(F)F)C[C@H]2CO[Si](C)(C)C(C)(C)C)c([N+](=O)[O-])cc1C.COc1cc(C(=O)N2CC=C(c3cccs3)C[C@H]2CO[Si](C)(C)C(C)(C)C)c([N+](=O)[O-])cc1C.COc1cc(C(=O)N2CCC(OS(=O)(=O)C(F)(F)F)=C[C@H]2CO[Si](C)(C)C(C)(C)C)c([N+](=O)[O-])cc1C.COc1cc(C(=O)N2CCC(c3cccs3)=C[C@H]2CO[Si](C)(C)C(C)(C)C)c([N+](=O)[O-])cc1C. The third kappa shape index (κ3) is 29.1. The number of halogens is 6. The summed E-state index contributed by atoms with van der Waals surface area (Å²) in [7, 11) is -15.1. The fourth-order valence-electron chi connectivity index (χ4n) is 14.1. The number of benzene rings is 4. The Hall–Kier alpha value is -10.3. The van der Waals surface area contributed by atoms with Gasteiger partial charge in [-0.25, -0.2) is 0 Å². The van der Waals surface area contributed by atoms with Gasteiger partial charge in [-0.15, -0.1) is 22.7 Å². The van der Waals surface area contributed by atoms with E-state index >= 15 is 0 Å². The number of ether oxygens (including phenoxy) is 4. The van der Waals surface area contributed by atoms with Gasteiger partial charge in [0.2, 0.25) is 0 Å². The van der Waals surface area contributed by atoms with Crippen molar-refractivity contribution in [2.75, 3.05) is 81.0 Å². The van der Waals surface area contributed by atoms with Gasteiger partial charge in [0.25, 0.3) is 46.4 Å². The smallest absolute Gasteiger partial charge is 0.496 e. The second-order valence-electron chi connectivity index (χ2n) is 40.6. The molecule has 6 heterocycles. The van der Waals surface area contributed by atoms with Gasteiger partial charge in [-0.1, -0.05) is 107 Å². The molecule has 142 heavy (non-hydrogen) atoms. The lowest BCUT2D eigenvalue weighted by molar-refractivity contribution is -0.385. The zero-order valence-electron chi connectivity index (χ0n) is 85.3. The molecule has 4 aliphatic rings. The molecule has 0 unspecified atom stereocenters. The summed E-state index contributed by atoms with van der Waals surface area (Å²) in [6.45, 7) is 48.5. The van der Waals surface area contributed by atoms with Crippen LogP contribution in [0, 0.1) is 68.2 Å². The van der Waals surface area contributed by atoms with Crippen LogP contribution in [0.3, 0.4) is 0 Å². The minimum Gasteiger partial charge on any atom is -0.496 e. The molecule has 6 aromatic rings. The molecule has 4 aliphatic heterocycles. The van der Waals surface area contributed by atoms with Crippen LogP contribution in [0.4, 0.5) is 49.1 Å².